The Labute approximate surface area is 197 Å². The van der Waals surface area contributed by atoms with Gasteiger partial charge in [-0.1, -0.05) is 6.07 Å². The molecule has 0 spiro atoms. The number of aliphatic hydroxyl groups is 1. The first-order valence-electron chi connectivity index (χ1n) is 9.06. The molecule has 0 unspecified atom stereocenters. The van der Waals surface area contributed by atoms with Gasteiger partial charge in [-0.2, -0.15) is 0 Å². The fraction of sp³-hybridized carbons (Fsp3) is 0.250. The van der Waals surface area contributed by atoms with E-state index in [1.54, 1.807) is 6.92 Å². The van der Waals surface area contributed by atoms with E-state index in [2.05, 4.69) is 5.32 Å². The average Bonchev–Trinajstić information content (AvgIpc) is 2.69. The standard InChI is InChI=1S/C20H19F2N3O5.Na/c1-11(4-7-26)25-6-5-24-10-14(17(27)18(28)16(24)20(25)30)19(29)23-9-12-2-3-13(21)8-15(12)22;/h2-3,5-6,8,10-11,26,28H,4,7,9H2,1H3,(H,23,29);/t11-;/m1./s1. The molecule has 8 nitrogen and oxygen atoms in total. The van der Waals surface area contributed by atoms with Gasteiger partial charge in [0.05, 0.1) is 0 Å². The van der Waals surface area contributed by atoms with Crippen molar-refractivity contribution >= 4 is 41.0 Å². The Morgan fingerprint density at radius 2 is 1.94 bits per heavy atom. The van der Waals surface area contributed by atoms with Gasteiger partial charge < -0.3 is 24.5 Å². The van der Waals surface area contributed by atoms with Gasteiger partial charge in [0.15, 0.2) is 11.3 Å². The van der Waals surface area contributed by atoms with Gasteiger partial charge in [0.2, 0.25) is 5.43 Å². The van der Waals surface area contributed by atoms with Crippen LogP contribution in [0, 0.1) is 11.6 Å². The van der Waals surface area contributed by atoms with Crippen LogP contribution in [0.5, 0.6) is 5.75 Å². The van der Waals surface area contributed by atoms with E-state index >= 15 is 0 Å². The molecule has 0 saturated carbocycles. The Bertz CT molecular complexity index is 1240. The summed E-state index contributed by atoms with van der Waals surface area (Å²) in [5, 5.41) is 21.7. The summed E-state index contributed by atoms with van der Waals surface area (Å²) in [7, 11) is 0. The zero-order valence-electron chi connectivity index (χ0n) is 16.9. The molecule has 0 aliphatic rings. The van der Waals surface area contributed by atoms with Gasteiger partial charge in [0.25, 0.3) is 11.5 Å². The van der Waals surface area contributed by atoms with Crippen LogP contribution in [-0.4, -0.2) is 61.3 Å². The van der Waals surface area contributed by atoms with E-state index in [1.165, 1.54) is 17.0 Å². The monoisotopic (exact) mass is 442 g/mol. The number of halogens is 2. The fourth-order valence-corrected chi connectivity index (χ4v) is 3.05. The van der Waals surface area contributed by atoms with Crippen molar-refractivity contribution in [3.8, 4) is 5.75 Å². The van der Waals surface area contributed by atoms with Gasteiger partial charge in [-0.05, 0) is 19.4 Å². The normalized spacial score (nSPS) is 11.7. The number of carbonyl (C=O) groups is 1. The summed E-state index contributed by atoms with van der Waals surface area (Å²) in [4.78, 5) is 37.5. The van der Waals surface area contributed by atoms with Crippen molar-refractivity contribution in [2.75, 3.05) is 6.61 Å². The third-order valence-corrected chi connectivity index (χ3v) is 4.76. The SMILES string of the molecule is C[C@H](CCO)n1ccn2cc(C(=O)NCc3ccc(F)cc3F)c(=O)c(O)c2c1=O.[Na]. The smallest absolute Gasteiger partial charge is 0.279 e. The van der Waals surface area contributed by atoms with Crippen molar-refractivity contribution in [1.29, 1.82) is 0 Å². The van der Waals surface area contributed by atoms with Crippen molar-refractivity contribution in [2.24, 2.45) is 0 Å². The van der Waals surface area contributed by atoms with E-state index in [-0.39, 0.29) is 59.8 Å². The molecule has 3 rings (SSSR count). The predicted molar refractivity (Wildman–Crippen MR) is 109 cm³/mol. The molecule has 2 aromatic heterocycles. The van der Waals surface area contributed by atoms with Crippen LogP contribution in [0.2, 0.25) is 0 Å². The maximum atomic E-state index is 13.7. The second-order valence-electron chi connectivity index (χ2n) is 6.77. The van der Waals surface area contributed by atoms with Crippen LogP contribution < -0.4 is 16.3 Å². The molecule has 1 aromatic carbocycles. The summed E-state index contributed by atoms with van der Waals surface area (Å²) < 4.78 is 29.1. The quantitative estimate of drug-likeness (QED) is 0.492. The maximum absolute atomic E-state index is 13.7. The number of aromatic nitrogens is 2. The molecule has 0 aliphatic heterocycles. The fourth-order valence-electron chi connectivity index (χ4n) is 3.05. The zero-order valence-corrected chi connectivity index (χ0v) is 18.9. The number of hydrogen-bond donors (Lipinski definition) is 3. The van der Waals surface area contributed by atoms with Crippen molar-refractivity contribution in [1.82, 2.24) is 14.3 Å². The first-order valence-corrected chi connectivity index (χ1v) is 9.06. The van der Waals surface area contributed by atoms with Crippen LogP contribution in [0.1, 0.15) is 35.3 Å². The molecule has 3 aromatic rings. The van der Waals surface area contributed by atoms with E-state index in [0.717, 1.165) is 22.7 Å². The van der Waals surface area contributed by atoms with Crippen LogP contribution in [0.3, 0.4) is 0 Å². The van der Waals surface area contributed by atoms with Crippen LogP contribution in [0.25, 0.3) is 5.52 Å². The molecular weight excluding hydrogens is 423 g/mol. The molecular formula is C20H19F2N3NaO5. The molecule has 2 heterocycles. The minimum absolute atomic E-state index is 0. The number of benzene rings is 1. The largest absolute Gasteiger partial charge is 0.503 e. The van der Waals surface area contributed by atoms with Gasteiger partial charge in [-0.15, -0.1) is 0 Å². The third-order valence-electron chi connectivity index (χ3n) is 4.76. The summed E-state index contributed by atoms with van der Waals surface area (Å²) >= 11 is 0. The Balaban J connectivity index is 0.00000341. The third kappa shape index (κ3) is 5.04. The maximum Gasteiger partial charge on any atom is 0.279 e. The summed E-state index contributed by atoms with van der Waals surface area (Å²) in [6.45, 7) is 1.24. The van der Waals surface area contributed by atoms with Crippen molar-refractivity contribution in [3.05, 3.63) is 80.1 Å². The molecule has 1 amide bonds. The number of rotatable bonds is 6. The van der Waals surface area contributed by atoms with Crippen LogP contribution in [0.15, 0.2) is 46.4 Å². The van der Waals surface area contributed by atoms with Gasteiger partial charge in [0.1, 0.15) is 17.2 Å². The second-order valence-corrected chi connectivity index (χ2v) is 6.77. The Morgan fingerprint density at radius 1 is 1.23 bits per heavy atom. The zero-order chi connectivity index (χ0) is 22.0. The number of nitrogens with zero attached hydrogens (tertiary/aromatic N) is 2. The minimum atomic E-state index is -1.06. The topological polar surface area (TPSA) is 113 Å². The van der Waals surface area contributed by atoms with Gasteiger partial charge in [-0.25, -0.2) is 8.78 Å². The molecule has 1 radical (unpaired) electrons. The number of pyridine rings is 1. The average molecular weight is 442 g/mol. The molecule has 11 heteroatoms. The van der Waals surface area contributed by atoms with Crippen LogP contribution in [0.4, 0.5) is 8.78 Å². The van der Waals surface area contributed by atoms with E-state index in [1.807, 2.05) is 0 Å². The van der Waals surface area contributed by atoms with E-state index in [9.17, 15) is 28.3 Å². The van der Waals surface area contributed by atoms with Crippen LogP contribution in [-0.2, 0) is 6.54 Å². The molecule has 1 atom stereocenters. The molecule has 0 aliphatic carbocycles. The summed E-state index contributed by atoms with van der Waals surface area (Å²) in [6.07, 6.45) is 4.19. The number of aromatic hydroxyl groups is 1. The molecule has 0 bridgehead atoms. The van der Waals surface area contributed by atoms with E-state index < -0.39 is 39.8 Å². The van der Waals surface area contributed by atoms with Crippen molar-refractivity contribution < 1.29 is 23.8 Å². The second kappa shape index (κ2) is 10.2. The van der Waals surface area contributed by atoms with Crippen molar-refractivity contribution in [3.63, 3.8) is 0 Å². The first-order chi connectivity index (χ1) is 14.2. The molecule has 31 heavy (non-hydrogen) atoms. The van der Waals surface area contributed by atoms with Gasteiger partial charge in [-0.3, -0.25) is 14.4 Å². The minimum Gasteiger partial charge on any atom is -0.503 e. The predicted octanol–water partition coefficient (Wildman–Crippen LogP) is 0.938. The summed E-state index contributed by atoms with van der Waals surface area (Å²) in [5.74, 6) is -3.41. The molecule has 3 N–H and O–H groups in total. The van der Waals surface area contributed by atoms with Gasteiger partial charge >= 0.3 is 0 Å². The number of aliphatic hydroxyl groups excluding tert-OH is 1. The van der Waals surface area contributed by atoms with Crippen molar-refractivity contribution in [2.45, 2.75) is 25.9 Å². The number of carbonyl (C=O) groups excluding carboxylic acids is 1. The number of amides is 1. The van der Waals surface area contributed by atoms with Gasteiger partial charge in [0, 0.05) is 79.0 Å². The Morgan fingerprint density at radius 3 is 2.58 bits per heavy atom. The molecule has 0 fully saturated rings. The Hall–Kier alpha value is -2.53. The summed E-state index contributed by atoms with van der Waals surface area (Å²) in [6, 6.07) is 2.48. The molecule has 0 saturated heterocycles. The number of fused-ring (bicyclic) bond motifs is 1. The van der Waals surface area contributed by atoms with E-state index in [0.29, 0.717) is 12.5 Å². The number of hydrogen-bond acceptors (Lipinski definition) is 5. The summed E-state index contributed by atoms with van der Waals surface area (Å²) in [5.41, 5.74) is -2.47. The Kier molecular flexibility index (Phi) is 8.13. The molecule has 159 valence electrons. The van der Waals surface area contributed by atoms with E-state index in [4.69, 9.17) is 5.11 Å². The number of nitrogens with one attached hydrogen (secondary N) is 1. The van der Waals surface area contributed by atoms with Crippen LogP contribution >= 0.6 is 0 Å². The first kappa shape index (κ1) is 24.7.